The quantitative estimate of drug-likeness (QED) is 0.790. The van der Waals surface area contributed by atoms with E-state index in [0.717, 1.165) is 24.2 Å². The highest BCUT2D eigenvalue weighted by Gasteiger charge is 2.50. The maximum atomic E-state index is 12.3. The van der Waals surface area contributed by atoms with Crippen molar-refractivity contribution in [2.24, 2.45) is 11.3 Å². The van der Waals surface area contributed by atoms with Crippen molar-refractivity contribution in [3.8, 4) is 5.75 Å². The van der Waals surface area contributed by atoms with Crippen LogP contribution in [0.5, 0.6) is 5.75 Å². The molecule has 1 aliphatic carbocycles. The minimum atomic E-state index is -0.463. The van der Waals surface area contributed by atoms with Crippen LogP contribution in [0, 0.1) is 18.3 Å². The summed E-state index contributed by atoms with van der Waals surface area (Å²) in [5, 5.41) is 0. The monoisotopic (exact) mass is 276 g/mol. The van der Waals surface area contributed by atoms with Gasteiger partial charge in [0.1, 0.15) is 5.75 Å². The van der Waals surface area contributed by atoms with Crippen LogP contribution in [0.3, 0.4) is 0 Å². The fraction of sp³-hybridized carbons (Fsp3) is 0.588. The van der Waals surface area contributed by atoms with Crippen LogP contribution in [0.1, 0.15) is 43.7 Å². The van der Waals surface area contributed by atoms with Crippen LogP contribution in [0.2, 0.25) is 0 Å². The molecule has 3 nitrogen and oxygen atoms in total. The summed E-state index contributed by atoms with van der Waals surface area (Å²) in [5.74, 6) is 1.33. The number of aryl methyl sites for hydroxylation is 1. The molecule has 3 heteroatoms. The maximum absolute atomic E-state index is 12.3. The zero-order valence-electron chi connectivity index (χ0n) is 13.0. The third kappa shape index (κ3) is 2.30. The Labute approximate surface area is 121 Å². The summed E-state index contributed by atoms with van der Waals surface area (Å²) in [6.07, 6.45) is 1.90. The predicted octanol–water partition coefficient (Wildman–Crippen LogP) is 3.70. The molecule has 1 unspecified atom stereocenters. The zero-order chi connectivity index (χ0) is 14.9. The van der Waals surface area contributed by atoms with Gasteiger partial charge in [-0.15, -0.1) is 0 Å². The Hall–Kier alpha value is -1.51. The van der Waals surface area contributed by atoms with E-state index in [4.69, 9.17) is 9.47 Å². The van der Waals surface area contributed by atoms with Gasteiger partial charge in [-0.2, -0.15) is 0 Å². The van der Waals surface area contributed by atoms with Gasteiger partial charge >= 0.3 is 5.97 Å². The average Bonchev–Trinajstić information content (AvgIpc) is 2.74. The lowest BCUT2D eigenvalue weighted by molar-refractivity contribution is -0.152. The van der Waals surface area contributed by atoms with Crippen molar-refractivity contribution in [2.75, 3.05) is 14.2 Å². The number of hydrogen-bond donors (Lipinski definition) is 0. The predicted molar refractivity (Wildman–Crippen MR) is 79.0 cm³/mol. The first-order chi connectivity index (χ1) is 9.43. The molecule has 1 saturated carbocycles. The lowest BCUT2D eigenvalue weighted by Crippen LogP contribution is -2.33. The first-order valence-electron chi connectivity index (χ1n) is 7.17. The highest BCUT2D eigenvalue weighted by molar-refractivity contribution is 5.78. The lowest BCUT2D eigenvalue weighted by Gasteiger charge is -2.32. The van der Waals surface area contributed by atoms with Crippen LogP contribution in [0.25, 0.3) is 0 Å². The standard InChI is InChI=1S/C17H24O3/c1-11-6-7-14(19-4)13(10-11)15-12(2)8-9-17(15,3)16(18)20-5/h6-7,10,12,15H,8-9H2,1-5H3/t12?,15-,17+/m1/s1. The van der Waals surface area contributed by atoms with E-state index >= 15 is 0 Å². The number of hydrogen-bond acceptors (Lipinski definition) is 3. The van der Waals surface area contributed by atoms with Gasteiger partial charge in [0, 0.05) is 5.92 Å². The van der Waals surface area contributed by atoms with Crippen LogP contribution in [-0.2, 0) is 9.53 Å². The molecule has 110 valence electrons. The highest BCUT2D eigenvalue weighted by atomic mass is 16.5. The molecular weight excluding hydrogens is 252 g/mol. The Kier molecular flexibility index (Phi) is 4.07. The number of rotatable bonds is 3. The minimum Gasteiger partial charge on any atom is -0.496 e. The molecule has 0 aromatic heterocycles. The molecule has 0 N–H and O–H groups in total. The Balaban J connectivity index is 2.53. The van der Waals surface area contributed by atoms with Gasteiger partial charge in [0.05, 0.1) is 19.6 Å². The van der Waals surface area contributed by atoms with Gasteiger partial charge in [-0.3, -0.25) is 4.79 Å². The van der Waals surface area contributed by atoms with E-state index in [2.05, 4.69) is 19.9 Å². The number of benzene rings is 1. The first kappa shape index (κ1) is 14.9. The van der Waals surface area contributed by atoms with E-state index in [1.165, 1.54) is 12.7 Å². The normalized spacial score (nSPS) is 29.2. The van der Waals surface area contributed by atoms with Crippen molar-refractivity contribution >= 4 is 5.97 Å². The molecule has 3 atom stereocenters. The van der Waals surface area contributed by atoms with Crippen molar-refractivity contribution in [1.82, 2.24) is 0 Å². The molecule has 20 heavy (non-hydrogen) atoms. The highest BCUT2D eigenvalue weighted by Crippen LogP contribution is 2.55. The van der Waals surface area contributed by atoms with Crippen molar-refractivity contribution in [3.05, 3.63) is 29.3 Å². The van der Waals surface area contributed by atoms with Gasteiger partial charge in [0.25, 0.3) is 0 Å². The fourth-order valence-electron chi connectivity index (χ4n) is 3.69. The van der Waals surface area contributed by atoms with E-state index in [1.807, 2.05) is 19.1 Å². The SMILES string of the molecule is COC(=O)[C@@]1(C)CCC(C)[C@@H]1c1cc(C)ccc1OC. The molecule has 0 radical (unpaired) electrons. The Morgan fingerprint density at radius 2 is 2.05 bits per heavy atom. The van der Waals surface area contributed by atoms with Crippen molar-refractivity contribution in [3.63, 3.8) is 0 Å². The van der Waals surface area contributed by atoms with Crippen molar-refractivity contribution in [2.45, 2.75) is 39.5 Å². The summed E-state index contributed by atoms with van der Waals surface area (Å²) in [6, 6.07) is 6.18. The number of carbonyl (C=O) groups excluding carboxylic acids is 1. The molecule has 0 amide bonds. The molecule has 0 heterocycles. The molecule has 1 aliphatic rings. The molecule has 1 aromatic carbocycles. The second kappa shape index (κ2) is 5.47. The molecule has 1 fully saturated rings. The number of carbonyl (C=O) groups is 1. The number of ether oxygens (including phenoxy) is 2. The van der Waals surface area contributed by atoms with E-state index < -0.39 is 5.41 Å². The zero-order valence-corrected chi connectivity index (χ0v) is 13.0. The maximum Gasteiger partial charge on any atom is 0.312 e. The van der Waals surface area contributed by atoms with Gasteiger partial charge in [0.15, 0.2) is 0 Å². The van der Waals surface area contributed by atoms with Crippen LogP contribution in [0.4, 0.5) is 0 Å². The second-order valence-electron chi connectivity index (χ2n) is 6.15. The number of methoxy groups -OCH3 is 2. The summed E-state index contributed by atoms with van der Waals surface area (Å²) in [4.78, 5) is 12.3. The summed E-state index contributed by atoms with van der Waals surface area (Å²) in [7, 11) is 3.16. The van der Waals surface area contributed by atoms with Gasteiger partial charge in [-0.1, -0.05) is 24.6 Å². The summed E-state index contributed by atoms with van der Waals surface area (Å²) in [6.45, 7) is 6.30. The van der Waals surface area contributed by atoms with Gasteiger partial charge < -0.3 is 9.47 Å². The molecule has 0 saturated heterocycles. The third-order valence-corrected chi connectivity index (χ3v) is 4.75. The number of esters is 1. The fourth-order valence-corrected chi connectivity index (χ4v) is 3.69. The molecule has 0 bridgehead atoms. The van der Waals surface area contributed by atoms with Crippen molar-refractivity contribution < 1.29 is 14.3 Å². The third-order valence-electron chi connectivity index (χ3n) is 4.75. The summed E-state index contributed by atoms with van der Waals surface area (Å²) < 4.78 is 10.6. The Morgan fingerprint density at radius 3 is 2.65 bits per heavy atom. The average molecular weight is 276 g/mol. The van der Waals surface area contributed by atoms with Crippen LogP contribution in [0.15, 0.2) is 18.2 Å². The molecular formula is C17H24O3. The smallest absolute Gasteiger partial charge is 0.312 e. The van der Waals surface area contributed by atoms with E-state index in [9.17, 15) is 4.79 Å². The summed E-state index contributed by atoms with van der Waals surface area (Å²) >= 11 is 0. The van der Waals surface area contributed by atoms with E-state index in [0.29, 0.717) is 5.92 Å². The topological polar surface area (TPSA) is 35.5 Å². The minimum absolute atomic E-state index is 0.115. The molecule has 2 rings (SSSR count). The van der Waals surface area contributed by atoms with E-state index in [-0.39, 0.29) is 11.9 Å². The molecule has 0 aliphatic heterocycles. The van der Waals surface area contributed by atoms with Crippen LogP contribution >= 0.6 is 0 Å². The van der Waals surface area contributed by atoms with Crippen LogP contribution < -0.4 is 4.74 Å². The Bertz CT molecular complexity index is 509. The van der Waals surface area contributed by atoms with Crippen molar-refractivity contribution in [1.29, 1.82) is 0 Å². The first-order valence-corrected chi connectivity index (χ1v) is 7.17. The molecule has 0 spiro atoms. The largest absolute Gasteiger partial charge is 0.496 e. The van der Waals surface area contributed by atoms with Crippen LogP contribution in [-0.4, -0.2) is 20.2 Å². The Morgan fingerprint density at radius 1 is 1.35 bits per heavy atom. The summed E-state index contributed by atoms with van der Waals surface area (Å²) in [5.41, 5.74) is 1.85. The second-order valence-corrected chi connectivity index (χ2v) is 6.15. The lowest BCUT2D eigenvalue weighted by atomic mass is 9.73. The van der Waals surface area contributed by atoms with Gasteiger partial charge in [-0.05, 0) is 44.2 Å². The van der Waals surface area contributed by atoms with Gasteiger partial charge in [0.2, 0.25) is 0 Å². The molecule has 1 aromatic rings. The van der Waals surface area contributed by atoms with Gasteiger partial charge in [-0.25, -0.2) is 0 Å². The van der Waals surface area contributed by atoms with E-state index in [1.54, 1.807) is 7.11 Å².